The average Bonchev–Trinajstić information content (AvgIpc) is 2.97. The normalized spacial score (nSPS) is 29.5. The number of benzene rings is 1. The maximum atomic E-state index is 13.4. The highest BCUT2D eigenvalue weighted by molar-refractivity contribution is 5.78. The molecule has 1 aliphatic heterocycles. The first-order valence-corrected chi connectivity index (χ1v) is 11.7. The zero-order valence-corrected chi connectivity index (χ0v) is 18.6. The van der Waals surface area contributed by atoms with Gasteiger partial charge in [0.2, 0.25) is 0 Å². The quantitative estimate of drug-likeness (QED) is 0.620. The van der Waals surface area contributed by atoms with E-state index in [1.807, 2.05) is 4.90 Å². The van der Waals surface area contributed by atoms with Crippen LogP contribution < -0.4 is 0 Å². The van der Waals surface area contributed by atoms with Crippen LogP contribution in [-0.4, -0.2) is 60.0 Å². The fourth-order valence-corrected chi connectivity index (χ4v) is 5.91. The summed E-state index contributed by atoms with van der Waals surface area (Å²) in [6.07, 6.45) is 9.39. The molecule has 30 heavy (non-hydrogen) atoms. The van der Waals surface area contributed by atoms with Gasteiger partial charge in [-0.15, -0.1) is 0 Å². The minimum atomic E-state index is -0.0341. The largest absolute Gasteiger partial charge is 0.322 e. The molecule has 5 nitrogen and oxygen atoms in total. The number of nitrogens with zero attached hydrogens (tertiary/aromatic N) is 4. The van der Waals surface area contributed by atoms with Crippen LogP contribution in [-0.2, 0) is 5.54 Å². The van der Waals surface area contributed by atoms with Gasteiger partial charge in [0, 0.05) is 31.6 Å². The molecule has 1 aromatic rings. The summed E-state index contributed by atoms with van der Waals surface area (Å²) in [7, 11) is 4.40. The van der Waals surface area contributed by atoms with Crippen LogP contribution in [0.15, 0.2) is 30.3 Å². The van der Waals surface area contributed by atoms with Crippen LogP contribution in [0.2, 0.25) is 0 Å². The summed E-state index contributed by atoms with van der Waals surface area (Å²) in [5.74, 6) is 0.680. The van der Waals surface area contributed by atoms with Gasteiger partial charge in [-0.2, -0.15) is 5.26 Å². The van der Waals surface area contributed by atoms with Crippen molar-refractivity contribution in [3.05, 3.63) is 35.9 Å². The van der Waals surface area contributed by atoms with Gasteiger partial charge in [-0.1, -0.05) is 36.8 Å². The highest BCUT2D eigenvalue weighted by atomic mass is 16.2. The van der Waals surface area contributed by atoms with Crippen molar-refractivity contribution in [2.45, 2.75) is 68.9 Å². The maximum absolute atomic E-state index is 13.4. The highest BCUT2D eigenvalue weighted by Crippen LogP contribution is 2.49. The summed E-state index contributed by atoms with van der Waals surface area (Å²) in [5.41, 5.74) is 1.41. The molecule has 0 bridgehead atoms. The lowest BCUT2D eigenvalue weighted by Gasteiger charge is -2.51. The molecule has 3 fully saturated rings. The number of urea groups is 1. The molecule has 2 aliphatic carbocycles. The highest BCUT2D eigenvalue weighted by Gasteiger charge is 2.54. The van der Waals surface area contributed by atoms with Crippen LogP contribution >= 0.6 is 0 Å². The number of hydrogen-bond acceptors (Lipinski definition) is 3. The Kier molecular flexibility index (Phi) is 6.06. The van der Waals surface area contributed by atoms with Crippen LogP contribution in [0.3, 0.4) is 0 Å². The summed E-state index contributed by atoms with van der Waals surface area (Å²) < 4.78 is 0. The molecule has 2 amide bonds. The van der Waals surface area contributed by atoms with E-state index in [9.17, 15) is 4.79 Å². The van der Waals surface area contributed by atoms with E-state index in [-0.39, 0.29) is 17.1 Å². The predicted octanol–water partition coefficient (Wildman–Crippen LogP) is 4.60. The molecule has 2 saturated carbocycles. The molecule has 3 aliphatic rings. The van der Waals surface area contributed by atoms with Crippen molar-refractivity contribution in [3.63, 3.8) is 0 Å². The van der Waals surface area contributed by atoms with E-state index in [1.165, 1.54) is 24.8 Å². The Bertz CT molecular complexity index is 772. The third-order valence-corrected chi connectivity index (χ3v) is 8.12. The Labute approximate surface area is 181 Å². The monoisotopic (exact) mass is 408 g/mol. The molecule has 1 spiro atoms. The fourth-order valence-electron chi connectivity index (χ4n) is 5.91. The van der Waals surface area contributed by atoms with Gasteiger partial charge < -0.3 is 9.80 Å². The summed E-state index contributed by atoms with van der Waals surface area (Å²) in [6.45, 7) is 2.48. The number of carbonyl (C=O) groups is 1. The van der Waals surface area contributed by atoms with Gasteiger partial charge in [0.25, 0.3) is 0 Å². The third kappa shape index (κ3) is 3.71. The van der Waals surface area contributed by atoms with Crippen LogP contribution in [0, 0.1) is 17.2 Å². The summed E-state index contributed by atoms with van der Waals surface area (Å²) >= 11 is 0. The van der Waals surface area contributed by atoms with Gasteiger partial charge >= 0.3 is 6.03 Å². The second-order valence-electron chi connectivity index (χ2n) is 9.89. The van der Waals surface area contributed by atoms with Gasteiger partial charge in [0.1, 0.15) is 0 Å². The Morgan fingerprint density at radius 2 is 1.83 bits per heavy atom. The molecule has 0 unspecified atom stereocenters. The molecule has 1 saturated heterocycles. The van der Waals surface area contributed by atoms with E-state index in [0.29, 0.717) is 18.9 Å². The third-order valence-electron chi connectivity index (χ3n) is 8.12. The van der Waals surface area contributed by atoms with Crippen molar-refractivity contribution < 1.29 is 4.79 Å². The molecular formula is C25H36N4O. The van der Waals surface area contributed by atoms with Crippen LogP contribution in [0.4, 0.5) is 4.79 Å². The van der Waals surface area contributed by atoms with Crippen molar-refractivity contribution in [2.75, 3.05) is 33.7 Å². The minimum Gasteiger partial charge on any atom is -0.322 e. The molecule has 1 aromatic carbocycles. The SMILES string of the molecule is CN(C)[C@]1(c2ccccc2)CC[C@]2(CC1)CN(CCCC#N)C(=O)N2CC1CCC1. The lowest BCUT2D eigenvalue weighted by atomic mass is 9.68. The molecule has 0 atom stereocenters. The molecule has 5 heteroatoms. The first-order chi connectivity index (χ1) is 14.5. The molecule has 4 rings (SSSR count). The van der Waals surface area contributed by atoms with Crippen molar-refractivity contribution in [3.8, 4) is 6.07 Å². The van der Waals surface area contributed by atoms with Gasteiger partial charge in [-0.25, -0.2) is 4.79 Å². The van der Waals surface area contributed by atoms with Crippen molar-refractivity contribution in [1.29, 1.82) is 5.26 Å². The van der Waals surface area contributed by atoms with E-state index in [1.54, 1.807) is 0 Å². The van der Waals surface area contributed by atoms with Gasteiger partial charge in [0.15, 0.2) is 0 Å². The fraction of sp³-hybridized carbons (Fsp3) is 0.680. The molecule has 0 aromatic heterocycles. The van der Waals surface area contributed by atoms with E-state index >= 15 is 0 Å². The summed E-state index contributed by atoms with van der Waals surface area (Å²) in [6, 6.07) is 13.3. The number of hydrogen-bond donors (Lipinski definition) is 0. The topological polar surface area (TPSA) is 50.6 Å². The Morgan fingerprint density at radius 3 is 2.40 bits per heavy atom. The minimum absolute atomic E-state index is 0.0341. The Hall–Kier alpha value is -2.06. The number of rotatable bonds is 7. The second-order valence-corrected chi connectivity index (χ2v) is 9.89. The van der Waals surface area contributed by atoms with Crippen LogP contribution in [0.25, 0.3) is 0 Å². The number of nitriles is 1. The number of unbranched alkanes of at least 4 members (excludes halogenated alkanes) is 1. The zero-order chi connectivity index (χ0) is 21.2. The predicted molar refractivity (Wildman–Crippen MR) is 119 cm³/mol. The lowest BCUT2D eigenvalue weighted by Crippen LogP contribution is -2.56. The molecular weight excluding hydrogens is 372 g/mol. The molecule has 0 radical (unpaired) electrons. The average molecular weight is 409 g/mol. The number of carbonyl (C=O) groups excluding carboxylic acids is 1. The summed E-state index contributed by atoms with van der Waals surface area (Å²) in [4.78, 5) is 20.1. The van der Waals surface area contributed by atoms with E-state index in [2.05, 4.69) is 60.3 Å². The van der Waals surface area contributed by atoms with Crippen molar-refractivity contribution in [1.82, 2.24) is 14.7 Å². The Morgan fingerprint density at radius 1 is 1.13 bits per heavy atom. The summed E-state index contributed by atoms with van der Waals surface area (Å²) in [5, 5.41) is 8.91. The van der Waals surface area contributed by atoms with E-state index in [4.69, 9.17) is 5.26 Å². The number of amides is 2. The second kappa shape index (κ2) is 8.59. The van der Waals surface area contributed by atoms with Crippen LogP contribution in [0.5, 0.6) is 0 Å². The van der Waals surface area contributed by atoms with Gasteiger partial charge in [-0.05, 0) is 70.5 Å². The van der Waals surface area contributed by atoms with E-state index in [0.717, 1.165) is 45.2 Å². The first kappa shape index (κ1) is 21.2. The zero-order valence-electron chi connectivity index (χ0n) is 18.6. The standard InChI is InChI=1S/C25H36N4O/c1-27(2)25(22-11-4-3-5-12-22)15-13-24(14-16-25)20-28(18-7-6-17-26)23(30)29(24)19-21-9-8-10-21/h3-5,11-12,21H,6-10,13-16,18-20H2,1-2H3/t24-,25+. The molecule has 162 valence electrons. The maximum Gasteiger partial charge on any atom is 0.320 e. The lowest BCUT2D eigenvalue weighted by molar-refractivity contribution is 0.0159. The first-order valence-electron chi connectivity index (χ1n) is 11.7. The molecule has 1 heterocycles. The van der Waals surface area contributed by atoms with Crippen molar-refractivity contribution in [2.24, 2.45) is 5.92 Å². The van der Waals surface area contributed by atoms with Crippen molar-refractivity contribution >= 4 is 6.03 Å². The molecule has 0 N–H and O–H groups in total. The smallest absolute Gasteiger partial charge is 0.320 e. The Balaban J connectivity index is 1.55. The van der Waals surface area contributed by atoms with Gasteiger partial charge in [-0.3, -0.25) is 4.90 Å². The van der Waals surface area contributed by atoms with Gasteiger partial charge in [0.05, 0.1) is 11.6 Å². The van der Waals surface area contributed by atoms with E-state index < -0.39 is 0 Å². The van der Waals surface area contributed by atoms with Crippen LogP contribution in [0.1, 0.15) is 63.4 Å².